The maximum atomic E-state index is 12.4. The summed E-state index contributed by atoms with van der Waals surface area (Å²) in [7, 11) is 0. The second-order valence-corrected chi connectivity index (χ2v) is 8.88. The first-order chi connectivity index (χ1) is 10.4. The van der Waals surface area contributed by atoms with Gasteiger partial charge in [0.2, 0.25) is 0 Å². The smallest absolute Gasteiger partial charge is 0.161 e. The van der Waals surface area contributed by atoms with Crippen LogP contribution in [0.5, 0.6) is 0 Å². The molecule has 0 aromatic heterocycles. The summed E-state index contributed by atoms with van der Waals surface area (Å²) >= 11 is 0. The third-order valence-corrected chi connectivity index (χ3v) is 8.03. The van der Waals surface area contributed by atoms with Gasteiger partial charge >= 0.3 is 0 Å². The Bertz CT molecular complexity index is 657. The molecule has 5 rings (SSSR count). The molecule has 3 saturated carbocycles. The van der Waals surface area contributed by atoms with E-state index >= 15 is 0 Å². The van der Waals surface area contributed by atoms with Gasteiger partial charge in [0.1, 0.15) is 0 Å². The molecule has 0 amide bonds. The molecule has 0 spiro atoms. The molecule has 0 bridgehead atoms. The summed E-state index contributed by atoms with van der Waals surface area (Å²) in [6.45, 7) is 4.62. The predicted octanol–water partition coefficient (Wildman–Crippen LogP) is 3.72. The number of rotatable bonds is 0. The fourth-order valence-corrected chi connectivity index (χ4v) is 6.67. The summed E-state index contributed by atoms with van der Waals surface area (Å²) in [5.74, 6) is 3.86. The number of fused-ring (bicyclic) bond motifs is 8. The van der Waals surface area contributed by atoms with Gasteiger partial charge in [0.15, 0.2) is 11.6 Å². The maximum absolute atomic E-state index is 12.4. The van der Waals surface area contributed by atoms with Crippen LogP contribution in [-0.4, -0.2) is 11.6 Å². The molecule has 2 nitrogen and oxygen atoms in total. The summed E-state index contributed by atoms with van der Waals surface area (Å²) in [6.07, 6.45) is 11.3. The Morgan fingerprint density at radius 3 is 2.77 bits per heavy atom. The van der Waals surface area contributed by atoms with Crippen LogP contribution >= 0.6 is 0 Å². The third-order valence-electron chi connectivity index (χ3n) is 8.03. The molecule has 0 aromatic rings. The second-order valence-electron chi connectivity index (χ2n) is 8.88. The van der Waals surface area contributed by atoms with Crippen LogP contribution in [0.3, 0.4) is 0 Å². The molecule has 7 unspecified atom stereocenters. The van der Waals surface area contributed by atoms with E-state index in [1.54, 1.807) is 0 Å². The quantitative estimate of drug-likeness (QED) is 0.683. The van der Waals surface area contributed by atoms with E-state index in [-0.39, 0.29) is 10.8 Å². The van der Waals surface area contributed by atoms with E-state index in [1.165, 1.54) is 12.0 Å². The van der Waals surface area contributed by atoms with Crippen molar-refractivity contribution in [3.63, 3.8) is 0 Å². The van der Waals surface area contributed by atoms with Crippen LogP contribution in [0.4, 0.5) is 0 Å². The minimum absolute atomic E-state index is 0.129. The molecule has 0 N–H and O–H groups in total. The Labute approximate surface area is 132 Å². The van der Waals surface area contributed by atoms with E-state index in [0.717, 1.165) is 31.6 Å². The van der Waals surface area contributed by atoms with Gasteiger partial charge in [0, 0.05) is 11.8 Å². The van der Waals surface area contributed by atoms with Crippen LogP contribution < -0.4 is 0 Å². The Morgan fingerprint density at radius 1 is 1.14 bits per heavy atom. The van der Waals surface area contributed by atoms with E-state index in [2.05, 4.69) is 19.9 Å². The SMILES string of the molecule is CC12CCC3C(C4CC4C4=CC(=O)CCC43C)C1C=CC2=O. The van der Waals surface area contributed by atoms with Gasteiger partial charge < -0.3 is 0 Å². The first kappa shape index (κ1) is 13.3. The number of hydrogen-bond acceptors (Lipinski definition) is 2. The molecule has 3 fully saturated rings. The van der Waals surface area contributed by atoms with Crippen molar-refractivity contribution in [2.24, 2.45) is 40.4 Å². The molecule has 2 heteroatoms. The summed E-state index contributed by atoms with van der Waals surface area (Å²) < 4.78 is 0. The van der Waals surface area contributed by atoms with Gasteiger partial charge in [-0.1, -0.05) is 25.5 Å². The zero-order valence-corrected chi connectivity index (χ0v) is 13.5. The number of ketones is 2. The Hall–Kier alpha value is -1.18. The second kappa shape index (κ2) is 3.83. The standard InChI is InChI=1S/C20H24O2/c1-19-7-5-11(21)9-16(19)12-10-13(12)18-14-3-4-17(22)20(14,2)8-6-15(18)19/h3-4,9,12-15,18H,5-8,10H2,1-2H3. The highest BCUT2D eigenvalue weighted by Crippen LogP contribution is 2.72. The highest BCUT2D eigenvalue weighted by Gasteiger charge is 2.66. The summed E-state index contributed by atoms with van der Waals surface area (Å²) in [4.78, 5) is 24.3. The third kappa shape index (κ3) is 1.38. The monoisotopic (exact) mass is 296 g/mol. The van der Waals surface area contributed by atoms with Gasteiger partial charge in [-0.3, -0.25) is 9.59 Å². The lowest BCUT2D eigenvalue weighted by atomic mass is 9.47. The zero-order chi connectivity index (χ0) is 15.3. The van der Waals surface area contributed by atoms with Gasteiger partial charge in [0.25, 0.3) is 0 Å². The van der Waals surface area contributed by atoms with Crippen molar-refractivity contribution in [3.8, 4) is 0 Å². The van der Waals surface area contributed by atoms with Crippen LogP contribution in [0.15, 0.2) is 23.8 Å². The first-order valence-corrected chi connectivity index (χ1v) is 8.93. The Kier molecular flexibility index (Phi) is 2.31. The zero-order valence-electron chi connectivity index (χ0n) is 13.5. The number of allylic oxidation sites excluding steroid dienone is 4. The molecule has 0 aliphatic heterocycles. The molecule has 22 heavy (non-hydrogen) atoms. The molecule has 7 atom stereocenters. The van der Waals surface area contributed by atoms with Gasteiger partial charge in [-0.15, -0.1) is 0 Å². The van der Waals surface area contributed by atoms with Crippen molar-refractivity contribution in [1.29, 1.82) is 0 Å². The fraction of sp³-hybridized carbons (Fsp3) is 0.700. The summed E-state index contributed by atoms with van der Waals surface area (Å²) in [6, 6.07) is 0. The fourth-order valence-electron chi connectivity index (χ4n) is 6.67. The highest BCUT2D eigenvalue weighted by atomic mass is 16.1. The lowest BCUT2D eigenvalue weighted by Crippen LogP contribution is -2.51. The normalized spacial score (nSPS) is 55.0. The van der Waals surface area contributed by atoms with E-state index in [1.807, 2.05) is 12.2 Å². The van der Waals surface area contributed by atoms with Gasteiger partial charge in [-0.05, 0) is 72.8 Å². The Morgan fingerprint density at radius 2 is 1.95 bits per heavy atom. The van der Waals surface area contributed by atoms with Crippen LogP contribution in [0.1, 0.15) is 46.0 Å². The van der Waals surface area contributed by atoms with Crippen LogP contribution in [0.25, 0.3) is 0 Å². The minimum Gasteiger partial charge on any atom is -0.295 e. The number of carbonyl (C=O) groups is 2. The summed E-state index contributed by atoms with van der Waals surface area (Å²) in [5, 5.41) is 0. The van der Waals surface area contributed by atoms with E-state index < -0.39 is 0 Å². The largest absolute Gasteiger partial charge is 0.295 e. The highest BCUT2D eigenvalue weighted by molar-refractivity contribution is 5.97. The average Bonchev–Trinajstić information content (AvgIpc) is 3.22. The topological polar surface area (TPSA) is 34.1 Å². The molecular formula is C20H24O2. The van der Waals surface area contributed by atoms with E-state index in [4.69, 9.17) is 0 Å². The minimum atomic E-state index is -0.129. The van der Waals surface area contributed by atoms with Crippen molar-refractivity contribution in [2.75, 3.05) is 0 Å². The van der Waals surface area contributed by atoms with Gasteiger partial charge in [0.05, 0.1) is 0 Å². The van der Waals surface area contributed by atoms with Crippen molar-refractivity contribution in [2.45, 2.75) is 46.0 Å². The van der Waals surface area contributed by atoms with Gasteiger partial charge in [-0.2, -0.15) is 0 Å². The van der Waals surface area contributed by atoms with Crippen LogP contribution in [0, 0.1) is 40.4 Å². The van der Waals surface area contributed by atoms with Crippen LogP contribution in [-0.2, 0) is 9.59 Å². The van der Waals surface area contributed by atoms with Crippen molar-refractivity contribution in [1.82, 2.24) is 0 Å². The molecule has 0 saturated heterocycles. The Balaban J connectivity index is 1.61. The van der Waals surface area contributed by atoms with Crippen molar-refractivity contribution < 1.29 is 9.59 Å². The van der Waals surface area contributed by atoms with Crippen LogP contribution in [0.2, 0.25) is 0 Å². The maximum Gasteiger partial charge on any atom is 0.161 e. The van der Waals surface area contributed by atoms with E-state index in [9.17, 15) is 9.59 Å². The number of hydrogen-bond donors (Lipinski definition) is 0. The van der Waals surface area contributed by atoms with Gasteiger partial charge in [-0.25, -0.2) is 0 Å². The number of carbonyl (C=O) groups excluding carboxylic acids is 2. The first-order valence-electron chi connectivity index (χ1n) is 8.93. The molecule has 0 heterocycles. The molecule has 5 aliphatic carbocycles. The lowest BCUT2D eigenvalue weighted by Gasteiger charge is -2.56. The summed E-state index contributed by atoms with van der Waals surface area (Å²) in [5.41, 5.74) is 1.57. The van der Waals surface area contributed by atoms with Crippen molar-refractivity contribution in [3.05, 3.63) is 23.8 Å². The van der Waals surface area contributed by atoms with Crippen molar-refractivity contribution >= 4 is 11.6 Å². The average molecular weight is 296 g/mol. The lowest BCUT2D eigenvalue weighted by molar-refractivity contribution is -0.130. The van der Waals surface area contributed by atoms with E-state index in [0.29, 0.717) is 35.2 Å². The molecule has 116 valence electrons. The molecule has 5 aliphatic rings. The molecular weight excluding hydrogens is 272 g/mol. The molecule has 0 radical (unpaired) electrons. The molecule has 0 aromatic carbocycles. The predicted molar refractivity (Wildman–Crippen MR) is 84.0 cm³/mol.